The van der Waals surface area contributed by atoms with Crippen LogP contribution >= 0.6 is 0 Å². The summed E-state index contributed by atoms with van der Waals surface area (Å²) in [7, 11) is 0. The van der Waals surface area contributed by atoms with Crippen molar-refractivity contribution in [3.63, 3.8) is 0 Å². The number of hydrogen-bond acceptors (Lipinski definition) is 15. The Morgan fingerprint density at radius 2 is 1.31 bits per heavy atom. The number of allylic oxidation sites excluding steroid dienone is 2. The maximum atomic E-state index is 14.8. The van der Waals surface area contributed by atoms with Crippen molar-refractivity contribution in [3.8, 4) is 0 Å². The van der Waals surface area contributed by atoms with E-state index in [-0.39, 0.29) is 5.56 Å². The maximum Gasteiger partial charge on any atom is 0.340 e. The van der Waals surface area contributed by atoms with Crippen LogP contribution in [-0.2, 0) is 62.0 Å². The van der Waals surface area contributed by atoms with Gasteiger partial charge < -0.3 is 28.4 Å². The lowest BCUT2D eigenvalue weighted by Gasteiger charge is -2.42. The molecule has 0 bridgehead atoms. The molecule has 0 aliphatic heterocycles. The van der Waals surface area contributed by atoms with E-state index in [1.807, 2.05) is 0 Å². The summed E-state index contributed by atoms with van der Waals surface area (Å²) in [6.07, 6.45) is -2.65. The number of hydrogen-bond donors (Lipinski definition) is 0. The van der Waals surface area contributed by atoms with Gasteiger partial charge in [0, 0.05) is 70.3 Å². The molecular weight excluding hydrogens is 670 g/mol. The summed E-state index contributed by atoms with van der Waals surface area (Å²) in [4.78, 5) is 110. The molecule has 0 amide bonds. The van der Waals surface area contributed by atoms with Gasteiger partial charge in [0.1, 0.15) is 6.10 Å². The topological polar surface area (TPSA) is 205 Å². The lowest BCUT2D eigenvalue weighted by molar-refractivity contribution is -0.188. The Morgan fingerprint density at radius 3 is 1.82 bits per heavy atom. The Labute approximate surface area is 295 Å². The zero-order valence-corrected chi connectivity index (χ0v) is 30.0. The van der Waals surface area contributed by atoms with Gasteiger partial charge in [-0.05, 0) is 32.9 Å². The molecule has 0 spiro atoms. The fourth-order valence-electron chi connectivity index (χ4n) is 6.62. The molecule has 8 atom stereocenters. The molecule has 276 valence electrons. The Balaban J connectivity index is 2.52. The van der Waals surface area contributed by atoms with Gasteiger partial charge in [0.05, 0.1) is 11.5 Å². The molecule has 1 fully saturated rings. The van der Waals surface area contributed by atoms with Gasteiger partial charge in [0.15, 0.2) is 35.0 Å². The smallest absolute Gasteiger partial charge is 0.340 e. The molecule has 15 heteroatoms. The normalized spacial score (nSPS) is 31.0. The summed E-state index contributed by atoms with van der Waals surface area (Å²) in [5.74, 6) is -10.3. The van der Waals surface area contributed by atoms with E-state index in [4.69, 9.17) is 28.4 Å². The molecule has 3 rings (SSSR count). The molecule has 15 nitrogen and oxygen atoms in total. The van der Waals surface area contributed by atoms with E-state index >= 15 is 0 Å². The number of carbonyl (C=O) groups is 8. The summed E-state index contributed by atoms with van der Waals surface area (Å²) in [5, 5.41) is 0. The number of ketones is 2. The first kappa shape index (κ1) is 40.2. The number of pyridine rings is 1. The average Bonchev–Trinajstić information content (AvgIpc) is 3.24. The van der Waals surface area contributed by atoms with Crippen LogP contribution in [-0.4, -0.2) is 88.0 Å². The van der Waals surface area contributed by atoms with Crippen molar-refractivity contribution in [3.05, 3.63) is 54.4 Å². The van der Waals surface area contributed by atoms with E-state index in [0.717, 1.165) is 34.6 Å². The van der Waals surface area contributed by atoms with Crippen LogP contribution < -0.4 is 0 Å². The molecule has 1 saturated carbocycles. The highest BCUT2D eigenvalue weighted by molar-refractivity contribution is 5.96. The number of esters is 6. The lowest BCUT2D eigenvalue weighted by Crippen LogP contribution is -2.58. The fourth-order valence-corrected chi connectivity index (χ4v) is 6.62. The van der Waals surface area contributed by atoms with E-state index in [0.29, 0.717) is 0 Å². The standard InChI is InChI=1S/C36H43NO14/c1-18-13-14-34(8,9)31(44)29(48-22(5)40)28(47-21(4)39)19(2)27(46-20(3)38)26-32(49-23(6)41)35(10,17-36(26,30(18)43)50-24(7)42)51-33(45)25-12-11-15-37-16-25/h11-16,18,26-29,32H,2,17H2,1,3-10H3/b14-13+/t18-,26+,27+,28+,29-,32-,35-,36-/m1/s1. The second kappa shape index (κ2) is 15.4. The van der Waals surface area contributed by atoms with E-state index < -0.39 is 112 Å². The summed E-state index contributed by atoms with van der Waals surface area (Å²) in [5.41, 5.74) is -6.33. The zero-order chi connectivity index (χ0) is 38.6. The lowest BCUT2D eigenvalue weighted by atomic mass is 9.72. The molecule has 51 heavy (non-hydrogen) atoms. The maximum absolute atomic E-state index is 14.8. The first-order valence-electron chi connectivity index (χ1n) is 16.0. The number of nitrogens with zero attached hydrogens (tertiary/aromatic N) is 1. The van der Waals surface area contributed by atoms with Crippen molar-refractivity contribution in [2.75, 3.05) is 0 Å². The Bertz CT molecular complexity index is 1650. The first-order valence-corrected chi connectivity index (χ1v) is 16.0. The highest BCUT2D eigenvalue weighted by atomic mass is 16.6. The molecule has 1 aromatic rings. The molecule has 0 saturated heterocycles. The minimum Gasteiger partial charge on any atom is -0.458 e. The minimum atomic E-state index is -2.41. The van der Waals surface area contributed by atoms with Crippen LogP contribution in [0.3, 0.4) is 0 Å². The quantitative estimate of drug-likeness (QED) is 0.226. The number of carbonyl (C=O) groups excluding carboxylic acids is 8. The number of Topliss-reactive ketones (excluding diaryl/α,β-unsaturated/α-hetero) is 2. The van der Waals surface area contributed by atoms with Crippen molar-refractivity contribution in [1.29, 1.82) is 0 Å². The fraction of sp³-hybridized carbons (Fsp3) is 0.528. The van der Waals surface area contributed by atoms with Crippen LogP contribution in [0.2, 0.25) is 0 Å². The number of fused-ring (bicyclic) bond motifs is 1. The van der Waals surface area contributed by atoms with E-state index in [2.05, 4.69) is 11.6 Å². The van der Waals surface area contributed by atoms with Gasteiger partial charge >= 0.3 is 35.8 Å². The first-order chi connectivity index (χ1) is 23.6. The Kier molecular flexibility index (Phi) is 12.1. The number of aromatic nitrogens is 1. The minimum absolute atomic E-state index is 0.0174. The molecule has 1 heterocycles. The van der Waals surface area contributed by atoms with Crippen molar-refractivity contribution in [1.82, 2.24) is 4.98 Å². The highest BCUT2D eigenvalue weighted by Gasteiger charge is 2.72. The van der Waals surface area contributed by atoms with E-state index in [1.54, 1.807) is 0 Å². The van der Waals surface area contributed by atoms with Crippen LogP contribution in [0.1, 0.15) is 79.1 Å². The molecule has 0 N–H and O–H groups in total. The largest absolute Gasteiger partial charge is 0.458 e. The molecule has 1 aromatic heterocycles. The molecule has 2 aliphatic rings. The summed E-state index contributed by atoms with van der Waals surface area (Å²) in [6, 6.07) is 2.88. The zero-order valence-electron chi connectivity index (χ0n) is 30.0. The van der Waals surface area contributed by atoms with E-state index in [9.17, 15) is 38.4 Å². The molecular formula is C36H43NO14. The van der Waals surface area contributed by atoms with Crippen LogP contribution in [0.4, 0.5) is 0 Å². The molecule has 2 aliphatic carbocycles. The van der Waals surface area contributed by atoms with Crippen LogP contribution in [0.15, 0.2) is 48.8 Å². The monoisotopic (exact) mass is 713 g/mol. The van der Waals surface area contributed by atoms with Crippen LogP contribution in [0.5, 0.6) is 0 Å². The summed E-state index contributed by atoms with van der Waals surface area (Å²) in [6.45, 7) is 14.8. The SMILES string of the molecule is C=C1[C@H](OC(C)=O)[C@H]2[C@@H](OC(C)=O)[C@](C)(OC(=O)c3cccnc3)C[C@]2(OC(C)=O)C(=O)[C@H](C)/C=C/C(C)(C)C(=O)[C@H](OC(C)=O)[C@H]1OC(C)=O. The summed E-state index contributed by atoms with van der Waals surface area (Å²) >= 11 is 0. The van der Waals surface area contributed by atoms with Crippen molar-refractivity contribution < 1.29 is 66.8 Å². The van der Waals surface area contributed by atoms with Crippen LogP contribution in [0, 0.1) is 17.3 Å². The third-order valence-electron chi connectivity index (χ3n) is 8.66. The average molecular weight is 714 g/mol. The van der Waals surface area contributed by atoms with Crippen molar-refractivity contribution >= 4 is 47.4 Å². The number of rotatable bonds is 7. The second-order valence-corrected chi connectivity index (χ2v) is 13.4. The number of ether oxygens (including phenoxy) is 6. The molecule has 0 unspecified atom stereocenters. The predicted molar refractivity (Wildman–Crippen MR) is 174 cm³/mol. The van der Waals surface area contributed by atoms with Gasteiger partial charge in [0.25, 0.3) is 0 Å². The third-order valence-corrected chi connectivity index (χ3v) is 8.66. The Morgan fingerprint density at radius 1 is 0.765 bits per heavy atom. The Hall–Kier alpha value is -5.21. The van der Waals surface area contributed by atoms with Crippen molar-refractivity contribution in [2.24, 2.45) is 17.3 Å². The van der Waals surface area contributed by atoms with Gasteiger partial charge in [-0.15, -0.1) is 0 Å². The summed E-state index contributed by atoms with van der Waals surface area (Å²) < 4.78 is 34.5. The molecule has 0 aromatic carbocycles. The van der Waals surface area contributed by atoms with Crippen LogP contribution in [0.25, 0.3) is 0 Å². The predicted octanol–water partition coefficient (Wildman–Crippen LogP) is 2.97. The van der Waals surface area contributed by atoms with Gasteiger partial charge in [-0.25, -0.2) is 4.79 Å². The highest BCUT2D eigenvalue weighted by Crippen LogP contribution is 2.54. The van der Waals surface area contributed by atoms with Gasteiger partial charge in [-0.2, -0.15) is 0 Å². The second-order valence-electron chi connectivity index (χ2n) is 13.4. The van der Waals surface area contributed by atoms with Gasteiger partial charge in [-0.1, -0.05) is 25.7 Å². The van der Waals surface area contributed by atoms with Gasteiger partial charge in [-0.3, -0.25) is 38.5 Å². The van der Waals surface area contributed by atoms with Gasteiger partial charge in [0.2, 0.25) is 6.10 Å². The van der Waals surface area contributed by atoms with Crippen molar-refractivity contribution in [2.45, 2.75) is 104 Å². The van der Waals surface area contributed by atoms with E-state index in [1.165, 1.54) is 64.4 Å². The third kappa shape index (κ3) is 8.75. The molecule has 0 radical (unpaired) electrons.